The Labute approximate surface area is 113 Å². The summed E-state index contributed by atoms with van der Waals surface area (Å²) in [4.78, 5) is 13.6. The molecular weight excluding hydrogens is 248 g/mol. The van der Waals surface area contributed by atoms with Crippen molar-refractivity contribution in [3.05, 3.63) is 29.8 Å². The lowest BCUT2D eigenvalue weighted by Crippen LogP contribution is -2.31. The molecule has 0 fully saturated rings. The minimum atomic E-state index is -0.0373. The van der Waals surface area contributed by atoms with E-state index in [4.69, 9.17) is 22.7 Å². The van der Waals surface area contributed by atoms with Gasteiger partial charge in [0, 0.05) is 20.0 Å². The second kappa shape index (κ2) is 6.96. The minimum absolute atomic E-state index is 0.0373. The molecule has 1 aromatic rings. The van der Waals surface area contributed by atoms with Gasteiger partial charge in [-0.2, -0.15) is 0 Å². The second-order valence-electron chi connectivity index (χ2n) is 3.98. The highest BCUT2D eigenvalue weighted by Gasteiger charge is 2.07. The van der Waals surface area contributed by atoms with E-state index < -0.39 is 0 Å². The minimum Gasteiger partial charge on any atom is -0.484 e. The summed E-state index contributed by atoms with van der Waals surface area (Å²) in [5, 5.41) is 0. The van der Waals surface area contributed by atoms with E-state index in [9.17, 15) is 4.79 Å². The van der Waals surface area contributed by atoms with Crippen LogP contribution in [0.25, 0.3) is 0 Å². The smallest absolute Gasteiger partial charge is 0.260 e. The molecule has 5 heteroatoms. The van der Waals surface area contributed by atoms with Crippen LogP contribution in [-0.4, -0.2) is 36.0 Å². The number of hydrogen-bond donors (Lipinski definition) is 1. The first-order valence-corrected chi connectivity index (χ1v) is 6.17. The molecule has 0 saturated heterocycles. The largest absolute Gasteiger partial charge is 0.484 e. The average molecular weight is 266 g/mol. The van der Waals surface area contributed by atoms with Gasteiger partial charge in [0.1, 0.15) is 5.75 Å². The number of nitrogens with zero attached hydrogens (tertiary/aromatic N) is 1. The van der Waals surface area contributed by atoms with Crippen molar-refractivity contribution in [3.63, 3.8) is 0 Å². The van der Waals surface area contributed by atoms with Gasteiger partial charge in [-0.05, 0) is 24.6 Å². The van der Waals surface area contributed by atoms with Crippen molar-refractivity contribution in [2.24, 2.45) is 5.73 Å². The predicted octanol–water partition coefficient (Wildman–Crippen LogP) is 1.37. The van der Waals surface area contributed by atoms with Gasteiger partial charge in [0.2, 0.25) is 0 Å². The van der Waals surface area contributed by atoms with Gasteiger partial charge in [0.15, 0.2) is 6.61 Å². The molecule has 0 spiro atoms. The molecule has 0 unspecified atom stereocenters. The predicted molar refractivity (Wildman–Crippen MR) is 75.7 cm³/mol. The maximum atomic E-state index is 11.5. The first kappa shape index (κ1) is 14.4. The zero-order valence-corrected chi connectivity index (χ0v) is 11.5. The summed E-state index contributed by atoms with van der Waals surface area (Å²) in [5.74, 6) is 0.629. The molecule has 1 amide bonds. The molecule has 0 bridgehead atoms. The fraction of sp³-hybridized carbons (Fsp3) is 0.385. The van der Waals surface area contributed by atoms with Gasteiger partial charge in [-0.3, -0.25) is 4.79 Å². The summed E-state index contributed by atoms with van der Waals surface area (Å²) in [6, 6.07) is 7.41. The summed E-state index contributed by atoms with van der Waals surface area (Å²) in [6.07, 6.45) is 0.577. The second-order valence-corrected chi connectivity index (χ2v) is 4.51. The highest BCUT2D eigenvalue weighted by molar-refractivity contribution is 7.80. The molecule has 0 radical (unpaired) electrons. The van der Waals surface area contributed by atoms with Crippen LogP contribution in [-0.2, 0) is 11.2 Å². The maximum absolute atomic E-state index is 11.5. The zero-order valence-electron chi connectivity index (χ0n) is 10.7. The van der Waals surface area contributed by atoms with E-state index >= 15 is 0 Å². The van der Waals surface area contributed by atoms with Crippen molar-refractivity contribution in [3.8, 4) is 5.75 Å². The van der Waals surface area contributed by atoms with Crippen LogP contribution in [0.5, 0.6) is 5.75 Å². The summed E-state index contributed by atoms with van der Waals surface area (Å²) >= 11 is 4.83. The average Bonchev–Trinajstić information content (AvgIpc) is 2.36. The number of carbonyl (C=O) groups excluding carboxylic acids is 1. The zero-order chi connectivity index (χ0) is 13.5. The van der Waals surface area contributed by atoms with E-state index in [-0.39, 0.29) is 12.5 Å². The Hall–Kier alpha value is -1.62. The highest BCUT2D eigenvalue weighted by atomic mass is 32.1. The van der Waals surface area contributed by atoms with Gasteiger partial charge < -0.3 is 15.4 Å². The van der Waals surface area contributed by atoms with Crippen LogP contribution in [0.2, 0.25) is 0 Å². The summed E-state index contributed by atoms with van der Waals surface area (Å²) in [7, 11) is 1.75. The molecule has 0 aliphatic heterocycles. The molecule has 0 aliphatic rings. The van der Waals surface area contributed by atoms with E-state index in [1.54, 1.807) is 11.9 Å². The third-order valence-electron chi connectivity index (χ3n) is 2.56. The topological polar surface area (TPSA) is 55.6 Å². The highest BCUT2D eigenvalue weighted by Crippen LogP contribution is 2.12. The maximum Gasteiger partial charge on any atom is 0.260 e. The molecule has 1 aromatic carbocycles. The first-order chi connectivity index (χ1) is 8.52. The molecule has 0 aliphatic carbocycles. The van der Waals surface area contributed by atoms with E-state index in [1.807, 2.05) is 31.2 Å². The third kappa shape index (κ3) is 4.71. The van der Waals surface area contributed by atoms with Crippen molar-refractivity contribution in [2.75, 3.05) is 20.2 Å². The van der Waals surface area contributed by atoms with Crippen molar-refractivity contribution >= 4 is 23.1 Å². The molecule has 1 rings (SSSR count). The van der Waals surface area contributed by atoms with Crippen LogP contribution in [0.3, 0.4) is 0 Å². The van der Waals surface area contributed by atoms with E-state index in [2.05, 4.69) is 0 Å². The molecule has 0 aromatic heterocycles. The van der Waals surface area contributed by atoms with Crippen LogP contribution >= 0.6 is 12.2 Å². The number of benzene rings is 1. The Morgan fingerprint density at radius 2 is 2.00 bits per heavy atom. The standard InChI is InChI=1S/C13H18N2O2S/c1-3-15(2)13(16)9-17-11-6-4-10(5-7-11)8-12(14)18/h4-7H,3,8-9H2,1-2H3,(H2,14,18). The normalized spacial score (nSPS) is 9.89. The summed E-state index contributed by atoms with van der Waals surface area (Å²) in [6.45, 7) is 2.65. The fourth-order valence-electron chi connectivity index (χ4n) is 1.34. The molecule has 0 atom stereocenters. The van der Waals surface area contributed by atoms with Crippen molar-refractivity contribution in [2.45, 2.75) is 13.3 Å². The van der Waals surface area contributed by atoms with E-state index in [0.29, 0.717) is 23.7 Å². The number of rotatable bonds is 6. The molecule has 18 heavy (non-hydrogen) atoms. The molecule has 2 N–H and O–H groups in total. The van der Waals surface area contributed by atoms with Crippen molar-refractivity contribution in [1.29, 1.82) is 0 Å². The SMILES string of the molecule is CCN(C)C(=O)COc1ccc(CC(N)=S)cc1. The lowest BCUT2D eigenvalue weighted by Gasteiger charge is -2.14. The van der Waals surface area contributed by atoms with Gasteiger partial charge in [0.05, 0.1) is 4.99 Å². The van der Waals surface area contributed by atoms with Crippen molar-refractivity contribution < 1.29 is 9.53 Å². The van der Waals surface area contributed by atoms with Gasteiger partial charge in [-0.15, -0.1) is 0 Å². The number of thiocarbonyl (C=S) groups is 1. The monoisotopic (exact) mass is 266 g/mol. The Kier molecular flexibility index (Phi) is 5.58. The Morgan fingerprint density at radius 3 is 2.50 bits per heavy atom. The Morgan fingerprint density at radius 1 is 1.39 bits per heavy atom. The number of carbonyl (C=O) groups is 1. The number of ether oxygens (including phenoxy) is 1. The summed E-state index contributed by atoms with van der Waals surface area (Å²) < 4.78 is 5.40. The molecular formula is C13H18N2O2S. The molecule has 98 valence electrons. The molecule has 0 saturated carbocycles. The number of nitrogens with two attached hydrogens (primary N) is 1. The molecule has 0 heterocycles. The van der Waals surface area contributed by atoms with Gasteiger partial charge in [-0.25, -0.2) is 0 Å². The van der Waals surface area contributed by atoms with Crippen LogP contribution in [0.4, 0.5) is 0 Å². The Balaban J connectivity index is 2.49. The number of amides is 1. The number of likely N-dealkylation sites (N-methyl/N-ethyl adjacent to an activating group) is 1. The summed E-state index contributed by atoms with van der Waals surface area (Å²) in [5.41, 5.74) is 6.49. The molecule has 4 nitrogen and oxygen atoms in total. The first-order valence-electron chi connectivity index (χ1n) is 5.77. The van der Waals surface area contributed by atoms with Gasteiger partial charge >= 0.3 is 0 Å². The number of hydrogen-bond acceptors (Lipinski definition) is 3. The van der Waals surface area contributed by atoms with Gasteiger partial charge in [-0.1, -0.05) is 24.4 Å². The lowest BCUT2D eigenvalue weighted by atomic mass is 10.1. The Bertz CT molecular complexity index is 418. The van der Waals surface area contributed by atoms with E-state index in [0.717, 1.165) is 5.56 Å². The van der Waals surface area contributed by atoms with Crippen LogP contribution in [0.15, 0.2) is 24.3 Å². The quantitative estimate of drug-likeness (QED) is 0.790. The van der Waals surface area contributed by atoms with Crippen molar-refractivity contribution in [1.82, 2.24) is 4.90 Å². The third-order valence-corrected chi connectivity index (χ3v) is 2.71. The van der Waals surface area contributed by atoms with Crippen LogP contribution in [0, 0.1) is 0 Å². The van der Waals surface area contributed by atoms with Gasteiger partial charge in [0.25, 0.3) is 5.91 Å². The fourth-order valence-corrected chi connectivity index (χ4v) is 1.50. The lowest BCUT2D eigenvalue weighted by molar-refractivity contribution is -0.131. The van der Waals surface area contributed by atoms with Crippen LogP contribution in [0.1, 0.15) is 12.5 Å². The van der Waals surface area contributed by atoms with E-state index in [1.165, 1.54) is 0 Å². The van der Waals surface area contributed by atoms with Crippen LogP contribution < -0.4 is 10.5 Å².